The first-order valence-corrected chi connectivity index (χ1v) is 19.9. The molecule has 5 heterocycles. The molecule has 3 amide bonds. The van der Waals surface area contributed by atoms with Crippen molar-refractivity contribution in [2.24, 2.45) is 5.92 Å². The number of piperidine rings is 1. The normalized spacial score (nSPS) is 15.5. The Morgan fingerprint density at radius 3 is 2.62 bits per heavy atom. The van der Waals surface area contributed by atoms with E-state index in [1.165, 1.54) is 34.6 Å². The predicted molar refractivity (Wildman–Crippen MR) is 215 cm³/mol. The zero-order valence-corrected chi connectivity index (χ0v) is 32.5. The smallest absolute Gasteiger partial charge is 0.420 e. The van der Waals surface area contributed by atoms with Gasteiger partial charge in [0.15, 0.2) is 17.0 Å². The average molecular weight is 824 g/mol. The lowest BCUT2D eigenvalue weighted by molar-refractivity contribution is -0.135. The summed E-state index contributed by atoms with van der Waals surface area (Å²) in [4.78, 5) is 58.0. The van der Waals surface area contributed by atoms with Crippen molar-refractivity contribution >= 4 is 40.3 Å². The average Bonchev–Trinajstić information content (AvgIpc) is 3.60. The molecule has 4 aromatic heterocycles. The van der Waals surface area contributed by atoms with Crippen molar-refractivity contribution in [1.29, 1.82) is 0 Å². The molecule has 1 aliphatic heterocycles. The molecule has 0 bridgehead atoms. The number of nitrogens with one attached hydrogen (secondary N) is 4. The Balaban J connectivity index is 0.755. The quantitative estimate of drug-likeness (QED) is 0.0554. The van der Waals surface area contributed by atoms with Gasteiger partial charge in [0, 0.05) is 44.5 Å². The van der Waals surface area contributed by atoms with Gasteiger partial charge in [0.05, 0.1) is 23.1 Å². The molecule has 1 saturated carbocycles. The van der Waals surface area contributed by atoms with Gasteiger partial charge in [0.1, 0.15) is 18.1 Å². The van der Waals surface area contributed by atoms with Crippen molar-refractivity contribution in [3.8, 4) is 17.1 Å². The van der Waals surface area contributed by atoms with E-state index in [0.717, 1.165) is 37.1 Å². The summed E-state index contributed by atoms with van der Waals surface area (Å²) < 4.78 is 47.4. The molecule has 4 N–H and O–H groups in total. The molecule has 8 rings (SSSR count). The van der Waals surface area contributed by atoms with Crippen molar-refractivity contribution in [1.82, 2.24) is 34.9 Å². The first kappa shape index (κ1) is 40.3. The summed E-state index contributed by atoms with van der Waals surface area (Å²) >= 11 is 0. The van der Waals surface area contributed by atoms with Gasteiger partial charge in [-0.15, -0.1) is 0 Å². The van der Waals surface area contributed by atoms with E-state index in [1.807, 2.05) is 18.2 Å². The highest BCUT2D eigenvalue weighted by molar-refractivity contribution is 6.03. The van der Waals surface area contributed by atoms with Crippen LogP contribution in [0, 0.1) is 5.92 Å². The summed E-state index contributed by atoms with van der Waals surface area (Å²) in [6.45, 7) is 3.26. The number of hydrogen-bond acceptors (Lipinski definition) is 12. The highest BCUT2D eigenvalue weighted by Gasteiger charge is 2.31. The Morgan fingerprint density at radius 1 is 1.00 bits per heavy atom. The second kappa shape index (κ2) is 18.2. The van der Waals surface area contributed by atoms with Gasteiger partial charge >= 0.3 is 5.76 Å². The lowest BCUT2D eigenvalue weighted by Crippen LogP contribution is -2.43. The van der Waals surface area contributed by atoms with Crippen LogP contribution in [-0.2, 0) is 27.3 Å². The maximum atomic E-state index is 14.0. The van der Waals surface area contributed by atoms with E-state index in [-0.39, 0.29) is 36.0 Å². The number of anilines is 2. The molecule has 2 aliphatic rings. The zero-order valence-electron chi connectivity index (χ0n) is 32.5. The Labute approximate surface area is 341 Å². The number of hydrogen-bond donors (Lipinski definition) is 4. The highest BCUT2D eigenvalue weighted by Crippen LogP contribution is 2.30. The Kier molecular flexibility index (Phi) is 12.2. The number of fused-ring (bicyclic) bond motifs is 1. The van der Waals surface area contributed by atoms with Crippen molar-refractivity contribution < 1.29 is 36.7 Å². The third-order valence-corrected chi connectivity index (χ3v) is 10.3. The van der Waals surface area contributed by atoms with Gasteiger partial charge in [0.25, 0.3) is 12.3 Å². The molecule has 1 saturated heterocycles. The molecule has 6 aromatic rings. The maximum absolute atomic E-state index is 14.0. The van der Waals surface area contributed by atoms with Gasteiger partial charge < -0.3 is 29.5 Å². The van der Waals surface area contributed by atoms with E-state index in [1.54, 1.807) is 42.6 Å². The molecule has 60 heavy (non-hydrogen) atoms. The summed E-state index contributed by atoms with van der Waals surface area (Å²) in [7, 11) is 0. The topological polar surface area (TPSA) is 200 Å². The van der Waals surface area contributed by atoms with E-state index >= 15 is 0 Å². The van der Waals surface area contributed by atoms with Crippen LogP contribution in [0.1, 0.15) is 78.3 Å². The largest absolute Gasteiger partial charge is 0.444 e. The summed E-state index contributed by atoms with van der Waals surface area (Å²) in [5.74, 6) is -0.666. The molecule has 312 valence electrons. The third-order valence-electron chi connectivity index (χ3n) is 10.3. The van der Waals surface area contributed by atoms with Crippen molar-refractivity contribution in [3.05, 3.63) is 106 Å². The fourth-order valence-corrected chi connectivity index (χ4v) is 6.94. The van der Waals surface area contributed by atoms with Crippen molar-refractivity contribution in [3.63, 3.8) is 0 Å². The first-order chi connectivity index (χ1) is 29.2. The van der Waals surface area contributed by atoms with Gasteiger partial charge in [-0.25, -0.2) is 28.2 Å². The number of rotatable bonds is 19. The van der Waals surface area contributed by atoms with E-state index in [4.69, 9.17) is 13.6 Å². The predicted octanol–water partition coefficient (Wildman–Crippen LogP) is 5.95. The number of halogens is 2. The Bertz CT molecular complexity index is 2540. The molecule has 1 aliphatic carbocycles. The van der Waals surface area contributed by atoms with Crippen LogP contribution in [0.3, 0.4) is 0 Å². The number of nitrogens with zero attached hydrogens (tertiary/aromatic N) is 5. The summed E-state index contributed by atoms with van der Waals surface area (Å²) in [5.41, 5.74) is 3.24. The summed E-state index contributed by atoms with van der Waals surface area (Å²) in [5, 5.41) is 15.5. The minimum atomic E-state index is -2.94. The molecule has 1 unspecified atom stereocenters. The number of ether oxygens (including phenoxy) is 1. The van der Waals surface area contributed by atoms with E-state index in [9.17, 15) is 28.0 Å². The van der Waals surface area contributed by atoms with Crippen LogP contribution in [0.4, 0.5) is 20.3 Å². The van der Waals surface area contributed by atoms with Crippen molar-refractivity contribution in [2.45, 2.75) is 64.0 Å². The third kappa shape index (κ3) is 9.66. The van der Waals surface area contributed by atoms with E-state index < -0.39 is 35.7 Å². The second-order valence-corrected chi connectivity index (χ2v) is 14.8. The summed E-state index contributed by atoms with van der Waals surface area (Å²) in [6, 6.07) is 15.4. The standard InChI is InChI=1S/C42H43F2N9O7/c43-38(44)37-30(48-39(55)31-24-59-41(49-31)28-14-16-46-35(20-28)47-22-27-4-5-27)23-52(51-37)29-9-6-26(7-10-29)21-45-15-2-18-58-17-1-3-25-8-11-32-34(19-25)60-42(57)53(32)33-12-13-36(54)50-40(33)56/h6-11,14,16,19-20,23-24,27,33,38,45H,1-5,12-13,15,17-18,21-22H2,(H,46,47)(H,48,55)(H,50,54,56). The number of pyridine rings is 1. The molecule has 0 radical (unpaired) electrons. The van der Waals surface area contributed by atoms with Crippen LogP contribution in [0.5, 0.6) is 0 Å². The van der Waals surface area contributed by atoms with Gasteiger partial charge in [-0.05, 0) is 98.5 Å². The van der Waals surface area contributed by atoms with Crippen LogP contribution in [0.15, 0.2) is 86.9 Å². The number of benzene rings is 2. The van der Waals surface area contributed by atoms with Crippen LogP contribution >= 0.6 is 0 Å². The minimum Gasteiger partial charge on any atom is -0.444 e. The molecular formula is C42H43F2N9O7. The molecule has 1 atom stereocenters. The SMILES string of the molecule is O=C1CCC(n2c(=O)oc3cc(CCCOCCCNCc4ccc(-n5cc(NC(=O)c6coc(-c7ccnc(NCC8CC8)c7)n6)c(C(F)F)n5)cc4)ccc32)C(=O)N1. The molecule has 2 aromatic carbocycles. The lowest BCUT2D eigenvalue weighted by Gasteiger charge is -2.21. The lowest BCUT2D eigenvalue weighted by atomic mass is 10.1. The number of aromatic nitrogens is 5. The Morgan fingerprint density at radius 2 is 1.82 bits per heavy atom. The van der Waals surface area contributed by atoms with Crippen LogP contribution in [-0.4, -0.2) is 68.3 Å². The summed E-state index contributed by atoms with van der Waals surface area (Å²) in [6.07, 6.45) is 6.29. The van der Waals surface area contributed by atoms with E-state index in [2.05, 4.69) is 36.3 Å². The van der Waals surface area contributed by atoms with Crippen LogP contribution in [0.25, 0.3) is 28.2 Å². The fourth-order valence-electron chi connectivity index (χ4n) is 6.94. The van der Waals surface area contributed by atoms with Gasteiger partial charge in [-0.1, -0.05) is 18.2 Å². The molecule has 0 spiro atoms. The molecular weight excluding hydrogens is 781 g/mol. The second-order valence-electron chi connectivity index (χ2n) is 14.8. The number of carbonyl (C=O) groups excluding carboxylic acids is 3. The van der Waals surface area contributed by atoms with E-state index in [0.29, 0.717) is 60.3 Å². The maximum Gasteiger partial charge on any atom is 0.420 e. The number of imide groups is 1. The van der Waals surface area contributed by atoms with Gasteiger partial charge in [0.2, 0.25) is 17.7 Å². The van der Waals surface area contributed by atoms with Gasteiger partial charge in [-0.3, -0.25) is 24.3 Å². The number of carbonyl (C=O) groups is 3. The number of alkyl halides is 2. The molecule has 18 heteroatoms. The van der Waals surface area contributed by atoms with Gasteiger partial charge in [-0.2, -0.15) is 5.10 Å². The van der Waals surface area contributed by atoms with Crippen molar-refractivity contribution in [2.75, 3.05) is 36.9 Å². The fraction of sp³-hybridized carbons (Fsp3) is 0.357. The van der Waals surface area contributed by atoms with Crippen LogP contribution in [0.2, 0.25) is 0 Å². The number of aryl methyl sites for hydroxylation is 1. The number of oxazole rings is 2. The molecule has 2 fully saturated rings. The monoisotopic (exact) mass is 823 g/mol. The zero-order chi connectivity index (χ0) is 41.6. The van der Waals surface area contributed by atoms with Crippen LogP contribution < -0.4 is 27.0 Å². The number of amides is 3. The first-order valence-electron chi connectivity index (χ1n) is 19.9. The Hall–Kier alpha value is -6.53. The molecule has 16 nitrogen and oxygen atoms in total. The minimum absolute atomic E-state index is 0.0725. The highest BCUT2D eigenvalue weighted by atomic mass is 19.3.